The van der Waals surface area contributed by atoms with E-state index in [9.17, 15) is 0 Å². The normalized spacial score (nSPS) is 35.1. The molecule has 3 fully saturated rings. The van der Waals surface area contributed by atoms with E-state index in [2.05, 4.69) is 29.0 Å². The lowest BCUT2D eigenvalue weighted by Gasteiger charge is -2.36. The lowest BCUT2D eigenvalue weighted by Crippen LogP contribution is -2.44. The molecule has 19 heavy (non-hydrogen) atoms. The van der Waals surface area contributed by atoms with Gasteiger partial charge >= 0.3 is 0 Å². The Hall–Kier alpha value is -0.120. The average Bonchev–Trinajstić information content (AvgIpc) is 3.20. The van der Waals surface area contributed by atoms with E-state index < -0.39 is 0 Å². The maximum atomic E-state index is 3.51. The maximum absolute atomic E-state index is 3.51. The first-order chi connectivity index (χ1) is 9.28. The van der Waals surface area contributed by atoms with Crippen LogP contribution in [0, 0.1) is 5.92 Å². The second-order valence-electron chi connectivity index (χ2n) is 6.95. The van der Waals surface area contributed by atoms with Gasteiger partial charge in [-0.15, -0.1) is 0 Å². The molecule has 1 aliphatic carbocycles. The van der Waals surface area contributed by atoms with E-state index in [1.807, 2.05) is 0 Å². The van der Waals surface area contributed by atoms with Gasteiger partial charge in [-0.05, 0) is 71.1 Å². The van der Waals surface area contributed by atoms with Gasteiger partial charge in [0.25, 0.3) is 0 Å². The van der Waals surface area contributed by atoms with Gasteiger partial charge in [-0.2, -0.15) is 0 Å². The zero-order valence-corrected chi connectivity index (χ0v) is 12.8. The number of piperidine rings is 1. The van der Waals surface area contributed by atoms with Gasteiger partial charge in [0.15, 0.2) is 0 Å². The van der Waals surface area contributed by atoms with E-state index in [4.69, 9.17) is 0 Å². The molecule has 2 saturated heterocycles. The first-order valence-corrected chi connectivity index (χ1v) is 8.48. The van der Waals surface area contributed by atoms with E-state index in [0.29, 0.717) is 0 Å². The quantitative estimate of drug-likeness (QED) is 0.819. The van der Waals surface area contributed by atoms with Gasteiger partial charge in [-0.3, -0.25) is 9.80 Å². The highest BCUT2D eigenvalue weighted by atomic mass is 15.3. The van der Waals surface area contributed by atoms with E-state index in [0.717, 1.165) is 30.6 Å². The summed E-state index contributed by atoms with van der Waals surface area (Å²) in [6.07, 6.45) is 7.14. The van der Waals surface area contributed by atoms with Crippen molar-refractivity contribution >= 4 is 0 Å². The van der Waals surface area contributed by atoms with Gasteiger partial charge < -0.3 is 5.32 Å². The van der Waals surface area contributed by atoms with Crippen molar-refractivity contribution in [3.63, 3.8) is 0 Å². The molecule has 2 aliphatic heterocycles. The third kappa shape index (κ3) is 3.32. The molecule has 0 aromatic heterocycles. The summed E-state index contributed by atoms with van der Waals surface area (Å²) in [5, 5.41) is 3.51. The number of nitrogens with zero attached hydrogens (tertiary/aromatic N) is 2. The van der Waals surface area contributed by atoms with Crippen molar-refractivity contribution in [1.82, 2.24) is 15.1 Å². The summed E-state index contributed by atoms with van der Waals surface area (Å²) in [5.74, 6) is 0.926. The number of hydrogen-bond acceptors (Lipinski definition) is 3. The summed E-state index contributed by atoms with van der Waals surface area (Å²) in [6, 6.07) is 2.64. The minimum absolute atomic E-state index is 0.831. The molecule has 2 atom stereocenters. The summed E-state index contributed by atoms with van der Waals surface area (Å²) in [6.45, 7) is 11.0. The van der Waals surface area contributed by atoms with Crippen molar-refractivity contribution < 1.29 is 0 Å². The van der Waals surface area contributed by atoms with E-state index in [1.54, 1.807) is 0 Å². The van der Waals surface area contributed by atoms with Crippen molar-refractivity contribution in [1.29, 1.82) is 0 Å². The first kappa shape index (κ1) is 13.8. The number of likely N-dealkylation sites (tertiary alicyclic amines) is 2. The highest BCUT2D eigenvalue weighted by molar-refractivity contribution is 4.97. The van der Waals surface area contributed by atoms with E-state index >= 15 is 0 Å². The molecular weight excluding hydrogens is 234 g/mol. The number of nitrogens with one attached hydrogen (secondary N) is 1. The topological polar surface area (TPSA) is 18.5 Å². The van der Waals surface area contributed by atoms with Gasteiger partial charge in [0, 0.05) is 24.7 Å². The first-order valence-electron chi connectivity index (χ1n) is 8.48. The summed E-state index contributed by atoms with van der Waals surface area (Å²) < 4.78 is 0. The van der Waals surface area contributed by atoms with Crippen LogP contribution in [0.4, 0.5) is 0 Å². The van der Waals surface area contributed by atoms with Crippen LogP contribution in [0.5, 0.6) is 0 Å². The Kier molecular flexibility index (Phi) is 4.45. The maximum Gasteiger partial charge on any atom is 0.0238 e. The van der Waals surface area contributed by atoms with Crippen LogP contribution < -0.4 is 5.32 Å². The molecule has 110 valence electrons. The standard InChI is InChI=1S/C16H31N3/c1-3-17-11-14-6-8-18(9-7-14)16-10-13(2)19(12-16)15-4-5-15/h13-17H,3-12H2,1-2H3. The Morgan fingerprint density at radius 3 is 2.42 bits per heavy atom. The molecule has 3 heteroatoms. The third-order valence-corrected chi connectivity index (χ3v) is 5.47. The molecule has 2 heterocycles. The fraction of sp³-hybridized carbons (Fsp3) is 1.00. The fourth-order valence-electron chi connectivity index (χ4n) is 4.08. The number of hydrogen-bond donors (Lipinski definition) is 1. The fourth-order valence-corrected chi connectivity index (χ4v) is 4.08. The molecule has 3 aliphatic rings. The molecule has 2 unspecified atom stereocenters. The van der Waals surface area contributed by atoms with Gasteiger partial charge in [-0.25, -0.2) is 0 Å². The van der Waals surface area contributed by atoms with Crippen LogP contribution in [-0.4, -0.2) is 60.6 Å². The molecule has 1 saturated carbocycles. The molecule has 1 N–H and O–H groups in total. The molecule has 0 spiro atoms. The molecule has 0 aromatic rings. The van der Waals surface area contributed by atoms with Crippen LogP contribution in [-0.2, 0) is 0 Å². The lowest BCUT2D eigenvalue weighted by atomic mass is 9.95. The van der Waals surface area contributed by atoms with Crippen LogP contribution in [0.2, 0.25) is 0 Å². The van der Waals surface area contributed by atoms with Crippen molar-refractivity contribution in [2.45, 2.75) is 64.1 Å². The smallest absolute Gasteiger partial charge is 0.0238 e. The molecule has 0 amide bonds. The van der Waals surface area contributed by atoms with Crippen LogP contribution in [0.3, 0.4) is 0 Å². The molecule has 3 rings (SSSR count). The van der Waals surface area contributed by atoms with Crippen LogP contribution in [0.1, 0.15) is 46.0 Å². The predicted octanol–water partition coefficient (Wildman–Crippen LogP) is 1.93. The summed E-state index contributed by atoms with van der Waals surface area (Å²) in [4.78, 5) is 5.58. The molecular formula is C16H31N3. The van der Waals surface area contributed by atoms with Crippen LogP contribution in [0.25, 0.3) is 0 Å². The molecule has 3 nitrogen and oxygen atoms in total. The zero-order valence-electron chi connectivity index (χ0n) is 12.8. The summed E-state index contributed by atoms with van der Waals surface area (Å²) in [5.41, 5.74) is 0. The summed E-state index contributed by atoms with van der Waals surface area (Å²) in [7, 11) is 0. The minimum Gasteiger partial charge on any atom is -0.317 e. The largest absolute Gasteiger partial charge is 0.317 e. The van der Waals surface area contributed by atoms with Crippen molar-refractivity contribution in [2.24, 2.45) is 5.92 Å². The van der Waals surface area contributed by atoms with E-state index in [1.165, 1.54) is 58.3 Å². The van der Waals surface area contributed by atoms with Gasteiger partial charge in [0.1, 0.15) is 0 Å². The van der Waals surface area contributed by atoms with Crippen molar-refractivity contribution in [3.05, 3.63) is 0 Å². The second kappa shape index (κ2) is 6.11. The van der Waals surface area contributed by atoms with Gasteiger partial charge in [0.05, 0.1) is 0 Å². The SMILES string of the molecule is CCNCC1CCN(C2CC(C)N(C3CC3)C2)CC1. The van der Waals surface area contributed by atoms with E-state index in [-0.39, 0.29) is 0 Å². The minimum atomic E-state index is 0.831. The highest BCUT2D eigenvalue weighted by Gasteiger charge is 2.40. The molecule has 0 aromatic carbocycles. The Bertz CT molecular complexity index is 282. The molecule has 0 radical (unpaired) electrons. The highest BCUT2D eigenvalue weighted by Crippen LogP contribution is 2.35. The number of rotatable bonds is 5. The monoisotopic (exact) mass is 265 g/mol. The zero-order chi connectivity index (χ0) is 13.2. The Labute approximate surface area is 118 Å². The lowest BCUT2D eigenvalue weighted by molar-refractivity contribution is 0.131. The Morgan fingerprint density at radius 2 is 1.79 bits per heavy atom. The van der Waals surface area contributed by atoms with Gasteiger partial charge in [-0.1, -0.05) is 6.92 Å². The Balaban J connectivity index is 1.44. The average molecular weight is 265 g/mol. The van der Waals surface area contributed by atoms with Crippen LogP contribution in [0.15, 0.2) is 0 Å². The molecule has 0 bridgehead atoms. The second-order valence-corrected chi connectivity index (χ2v) is 6.95. The summed E-state index contributed by atoms with van der Waals surface area (Å²) >= 11 is 0. The predicted molar refractivity (Wildman–Crippen MR) is 80.4 cm³/mol. The third-order valence-electron chi connectivity index (χ3n) is 5.47. The van der Waals surface area contributed by atoms with Crippen molar-refractivity contribution in [2.75, 3.05) is 32.7 Å². The van der Waals surface area contributed by atoms with Crippen LogP contribution >= 0.6 is 0 Å². The van der Waals surface area contributed by atoms with Crippen molar-refractivity contribution in [3.8, 4) is 0 Å². The van der Waals surface area contributed by atoms with Gasteiger partial charge in [0.2, 0.25) is 0 Å². The Morgan fingerprint density at radius 1 is 1.05 bits per heavy atom.